The highest BCUT2D eigenvalue weighted by Crippen LogP contribution is 2.36. The minimum absolute atomic E-state index is 0.144. The van der Waals surface area contributed by atoms with Gasteiger partial charge in [0.05, 0.1) is 17.7 Å². The number of halogens is 1. The third-order valence-electron chi connectivity index (χ3n) is 1.93. The zero-order valence-corrected chi connectivity index (χ0v) is 7.71. The van der Waals surface area contributed by atoms with Crippen LogP contribution >= 0.6 is 11.6 Å². The summed E-state index contributed by atoms with van der Waals surface area (Å²) in [7, 11) is 0. The minimum Gasteiger partial charge on any atom is -0.374 e. The van der Waals surface area contributed by atoms with Crippen LogP contribution in [0.1, 0.15) is 6.42 Å². The van der Waals surface area contributed by atoms with Crippen LogP contribution in [-0.4, -0.2) is 11.3 Å². The molecule has 0 bridgehead atoms. The second-order valence-corrected chi connectivity index (χ2v) is 3.17. The minimum atomic E-state index is -1.64. The predicted molar refractivity (Wildman–Crippen MR) is 45.9 cm³/mol. The Hall–Kier alpha value is -1.74. The third-order valence-corrected chi connectivity index (χ3v) is 2.23. The van der Waals surface area contributed by atoms with Gasteiger partial charge in [0, 0.05) is 6.42 Å². The van der Waals surface area contributed by atoms with Gasteiger partial charge >= 0.3 is 0 Å². The molecule has 0 spiro atoms. The van der Waals surface area contributed by atoms with Gasteiger partial charge in [-0.2, -0.15) is 15.8 Å². The van der Waals surface area contributed by atoms with Gasteiger partial charge in [-0.3, -0.25) is 0 Å². The molecule has 6 heteroatoms. The lowest BCUT2D eigenvalue weighted by Gasteiger charge is -2.28. The molecule has 1 unspecified atom stereocenters. The molecule has 1 rings (SSSR count). The first-order chi connectivity index (χ1) is 6.59. The van der Waals surface area contributed by atoms with Crippen LogP contribution in [-0.2, 0) is 0 Å². The van der Waals surface area contributed by atoms with Gasteiger partial charge in [-0.25, -0.2) is 0 Å². The van der Waals surface area contributed by atoms with E-state index < -0.39 is 11.6 Å². The standard InChI is InChI=1S/C8H5ClN4O/c9-7-5(2-10)8(3-11,4-12)1-6(14)13-7/h6,13-14H,1H2. The number of nitrogens with zero attached hydrogens (tertiary/aromatic N) is 3. The van der Waals surface area contributed by atoms with Crippen molar-refractivity contribution in [2.24, 2.45) is 5.41 Å². The zero-order chi connectivity index (χ0) is 10.8. The third kappa shape index (κ3) is 1.38. The molecule has 0 aromatic rings. The highest BCUT2D eigenvalue weighted by atomic mass is 35.5. The number of hydrogen-bond donors (Lipinski definition) is 2. The maximum absolute atomic E-state index is 9.25. The number of allylic oxidation sites excluding steroid dienone is 1. The Morgan fingerprint density at radius 2 is 2.00 bits per heavy atom. The van der Waals surface area contributed by atoms with Crippen LogP contribution in [0.25, 0.3) is 0 Å². The molecule has 0 aromatic carbocycles. The largest absolute Gasteiger partial charge is 0.374 e. The molecular weight excluding hydrogens is 204 g/mol. The summed E-state index contributed by atoms with van der Waals surface area (Å²) in [4.78, 5) is 0. The van der Waals surface area contributed by atoms with Crippen LogP contribution in [0, 0.1) is 39.4 Å². The highest BCUT2D eigenvalue weighted by Gasteiger charge is 2.43. The van der Waals surface area contributed by atoms with E-state index in [2.05, 4.69) is 5.32 Å². The molecule has 0 amide bonds. The number of aliphatic hydroxyl groups is 1. The molecule has 1 aliphatic rings. The molecule has 14 heavy (non-hydrogen) atoms. The summed E-state index contributed by atoms with van der Waals surface area (Å²) in [5.74, 6) is 0. The fourth-order valence-corrected chi connectivity index (χ4v) is 1.55. The normalized spacial score (nSPS) is 24.1. The Kier molecular flexibility index (Phi) is 2.63. The monoisotopic (exact) mass is 208 g/mol. The molecule has 0 aromatic heterocycles. The van der Waals surface area contributed by atoms with Crippen molar-refractivity contribution in [3.8, 4) is 18.2 Å². The van der Waals surface area contributed by atoms with Gasteiger partial charge in [0.1, 0.15) is 17.5 Å². The first-order valence-corrected chi connectivity index (χ1v) is 4.05. The molecule has 1 atom stereocenters. The quantitative estimate of drug-likeness (QED) is 0.558. The summed E-state index contributed by atoms with van der Waals surface area (Å²) in [6.45, 7) is 0. The molecule has 1 aliphatic heterocycles. The topological polar surface area (TPSA) is 104 Å². The van der Waals surface area contributed by atoms with E-state index in [-0.39, 0.29) is 17.2 Å². The maximum Gasteiger partial charge on any atom is 0.185 e. The van der Waals surface area contributed by atoms with E-state index in [1.165, 1.54) is 0 Å². The van der Waals surface area contributed by atoms with Crippen molar-refractivity contribution < 1.29 is 5.11 Å². The molecule has 0 saturated heterocycles. The van der Waals surface area contributed by atoms with Gasteiger partial charge in [-0.1, -0.05) is 11.6 Å². The highest BCUT2D eigenvalue weighted by molar-refractivity contribution is 6.30. The van der Waals surface area contributed by atoms with E-state index >= 15 is 0 Å². The first-order valence-electron chi connectivity index (χ1n) is 3.67. The van der Waals surface area contributed by atoms with Gasteiger partial charge in [-0.05, 0) is 0 Å². The molecule has 0 fully saturated rings. The average molecular weight is 209 g/mol. The number of rotatable bonds is 0. The summed E-state index contributed by atoms with van der Waals surface area (Å²) in [6.07, 6.45) is -1.25. The second-order valence-electron chi connectivity index (χ2n) is 2.79. The molecule has 2 N–H and O–H groups in total. The van der Waals surface area contributed by atoms with Crippen molar-refractivity contribution in [1.82, 2.24) is 5.32 Å². The lowest BCUT2D eigenvalue weighted by molar-refractivity contribution is 0.115. The Bertz CT molecular complexity index is 395. The molecule has 5 nitrogen and oxygen atoms in total. The fraction of sp³-hybridized carbons (Fsp3) is 0.375. The predicted octanol–water partition coefficient (Wildman–Crippen LogP) is 0.306. The average Bonchev–Trinajstić information content (AvgIpc) is 2.16. The number of nitriles is 3. The maximum atomic E-state index is 9.25. The van der Waals surface area contributed by atoms with Crippen molar-refractivity contribution in [1.29, 1.82) is 15.8 Å². The lowest BCUT2D eigenvalue weighted by Crippen LogP contribution is -2.40. The number of nitrogens with one attached hydrogen (secondary N) is 1. The van der Waals surface area contributed by atoms with Crippen LogP contribution in [0.15, 0.2) is 10.7 Å². The molecule has 70 valence electrons. The van der Waals surface area contributed by atoms with E-state index in [4.69, 9.17) is 27.4 Å². The van der Waals surface area contributed by atoms with Crippen molar-refractivity contribution in [3.05, 3.63) is 10.7 Å². The van der Waals surface area contributed by atoms with Crippen molar-refractivity contribution in [3.63, 3.8) is 0 Å². The van der Waals surface area contributed by atoms with E-state index in [1.54, 1.807) is 18.2 Å². The second kappa shape index (κ2) is 3.55. The Labute approximate surface area is 85.4 Å². The van der Waals surface area contributed by atoms with Gasteiger partial charge in [-0.15, -0.1) is 0 Å². The summed E-state index contributed by atoms with van der Waals surface area (Å²) < 4.78 is 0. The van der Waals surface area contributed by atoms with E-state index in [0.29, 0.717) is 0 Å². The van der Waals surface area contributed by atoms with Crippen molar-refractivity contribution in [2.45, 2.75) is 12.6 Å². The van der Waals surface area contributed by atoms with E-state index in [9.17, 15) is 5.11 Å². The van der Waals surface area contributed by atoms with Crippen LogP contribution in [0.3, 0.4) is 0 Å². The Morgan fingerprint density at radius 3 is 2.43 bits per heavy atom. The van der Waals surface area contributed by atoms with Gasteiger partial charge < -0.3 is 10.4 Å². The Morgan fingerprint density at radius 1 is 1.43 bits per heavy atom. The summed E-state index contributed by atoms with van der Waals surface area (Å²) in [6, 6.07) is 5.10. The zero-order valence-electron chi connectivity index (χ0n) is 6.95. The fourth-order valence-electron chi connectivity index (χ4n) is 1.22. The first kappa shape index (κ1) is 10.3. The summed E-state index contributed by atoms with van der Waals surface area (Å²) in [5.41, 5.74) is -1.79. The number of hydrogen-bond acceptors (Lipinski definition) is 5. The molecule has 0 saturated carbocycles. The van der Waals surface area contributed by atoms with Gasteiger partial charge in [0.25, 0.3) is 0 Å². The Balaban J connectivity index is 3.34. The summed E-state index contributed by atoms with van der Waals surface area (Å²) >= 11 is 5.60. The lowest BCUT2D eigenvalue weighted by atomic mass is 9.78. The van der Waals surface area contributed by atoms with Gasteiger partial charge in [0.15, 0.2) is 5.41 Å². The molecular formula is C8H5ClN4O. The van der Waals surface area contributed by atoms with Crippen molar-refractivity contribution in [2.75, 3.05) is 0 Å². The van der Waals surface area contributed by atoms with E-state index in [0.717, 1.165) is 0 Å². The molecule has 0 aliphatic carbocycles. The van der Waals surface area contributed by atoms with Gasteiger partial charge in [0.2, 0.25) is 0 Å². The summed E-state index contributed by atoms with van der Waals surface area (Å²) in [5, 5.41) is 37.9. The molecule has 0 radical (unpaired) electrons. The van der Waals surface area contributed by atoms with Crippen LogP contribution in [0.4, 0.5) is 0 Å². The van der Waals surface area contributed by atoms with Crippen LogP contribution in [0.5, 0.6) is 0 Å². The SMILES string of the molecule is N#CC1=C(Cl)NC(O)CC1(C#N)C#N. The number of aliphatic hydroxyl groups excluding tert-OH is 1. The molecule has 1 heterocycles. The van der Waals surface area contributed by atoms with E-state index in [1.807, 2.05) is 0 Å². The van der Waals surface area contributed by atoms with Crippen LogP contribution in [0.2, 0.25) is 0 Å². The smallest absolute Gasteiger partial charge is 0.185 e. The van der Waals surface area contributed by atoms with Crippen LogP contribution < -0.4 is 5.32 Å². The van der Waals surface area contributed by atoms with Crippen molar-refractivity contribution >= 4 is 11.6 Å².